The van der Waals surface area contributed by atoms with Gasteiger partial charge in [-0.15, -0.1) is 0 Å². The zero-order valence-corrected chi connectivity index (χ0v) is 14.2. The molecule has 0 bridgehead atoms. The van der Waals surface area contributed by atoms with E-state index >= 15 is 0 Å². The van der Waals surface area contributed by atoms with Crippen LogP contribution in [-0.4, -0.2) is 35.7 Å². The van der Waals surface area contributed by atoms with Gasteiger partial charge in [-0.25, -0.2) is 4.79 Å². The highest BCUT2D eigenvalue weighted by Crippen LogP contribution is 2.18. The van der Waals surface area contributed by atoms with Gasteiger partial charge in [0.1, 0.15) is 5.60 Å². The molecule has 1 aromatic rings. The molecule has 7 heteroatoms. The van der Waals surface area contributed by atoms with Gasteiger partial charge in [-0.05, 0) is 26.3 Å². The molecule has 0 aliphatic heterocycles. The molecule has 0 spiro atoms. The first-order valence-electron chi connectivity index (χ1n) is 7.46. The van der Waals surface area contributed by atoms with Gasteiger partial charge in [0.2, 0.25) is 11.7 Å². The van der Waals surface area contributed by atoms with Crippen LogP contribution in [0.5, 0.6) is 0 Å². The van der Waals surface area contributed by atoms with Crippen LogP contribution in [0.15, 0.2) is 30.3 Å². The lowest BCUT2D eigenvalue weighted by atomic mass is 10.1. The predicted molar refractivity (Wildman–Crippen MR) is 86.9 cm³/mol. The topological polar surface area (TPSA) is 102 Å². The van der Waals surface area contributed by atoms with E-state index in [-0.39, 0.29) is 0 Å². The van der Waals surface area contributed by atoms with Crippen molar-refractivity contribution in [2.75, 3.05) is 6.54 Å². The van der Waals surface area contributed by atoms with E-state index in [1.165, 1.54) is 0 Å². The number of ether oxygens (including phenoxy) is 1. The lowest BCUT2D eigenvalue weighted by Crippen LogP contribution is -2.43. The summed E-state index contributed by atoms with van der Waals surface area (Å²) in [5.74, 6) is -2.78. The summed E-state index contributed by atoms with van der Waals surface area (Å²) in [5.41, 5.74) is -0.157. The molecule has 0 saturated carbocycles. The fourth-order valence-electron chi connectivity index (χ4n) is 1.78. The van der Waals surface area contributed by atoms with Crippen molar-refractivity contribution in [3.05, 3.63) is 35.9 Å². The van der Waals surface area contributed by atoms with E-state index in [1.807, 2.05) is 0 Å². The molecule has 24 heavy (non-hydrogen) atoms. The Morgan fingerprint density at radius 2 is 1.67 bits per heavy atom. The Balaban J connectivity index is 2.83. The minimum Gasteiger partial charge on any atom is -0.458 e. The number of ketones is 1. The summed E-state index contributed by atoms with van der Waals surface area (Å²) in [7, 11) is 0. The lowest BCUT2D eigenvalue weighted by molar-refractivity contribution is -0.158. The van der Waals surface area contributed by atoms with Crippen molar-refractivity contribution in [1.82, 2.24) is 10.6 Å². The second-order valence-electron chi connectivity index (χ2n) is 6.18. The van der Waals surface area contributed by atoms with Crippen LogP contribution in [0.4, 0.5) is 0 Å². The molecule has 0 heterocycles. The van der Waals surface area contributed by atoms with Crippen LogP contribution >= 0.6 is 0 Å². The fraction of sp³-hybridized carbons (Fsp3) is 0.412. The molecule has 0 fully saturated rings. The van der Waals surface area contributed by atoms with Crippen molar-refractivity contribution in [3.63, 3.8) is 0 Å². The van der Waals surface area contributed by atoms with E-state index in [4.69, 9.17) is 4.74 Å². The third kappa shape index (κ3) is 6.60. The van der Waals surface area contributed by atoms with E-state index in [0.717, 1.165) is 6.92 Å². The Morgan fingerprint density at radius 3 is 2.17 bits per heavy atom. The number of carbonyl (C=O) groups excluding carboxylic acids is 4. The number of Topliss-reactive ketones (excluding diaryl/α,β-unsaturated/α-hetero) is 1. The number of esters is 1. The molecule has 0 aliphatic carbocycles. The second kappa shape index (κ2) is 8.24. The van der Waals surface area contributed by atoms with Crippen LogP contribution in [0.1, 0.15) is 39.3 Å². The summed E-state index contributed by atoms with van der Waals surface area (Å²) in [6, 6.07) is 7.61. The van der Waals surface area contributed by atoms with Crippen molar-refractivity contribution < 1.29 is 23.9 Å². The third-order valence-corrected chi connectivity index (χ3v) is 2.81. The summed E-state index contributed by atoms with van der Waals surface area (Å²) < 4.78 is 5.32. The quantitative estimate of drug-likeness (QED) is 0.594. The van der Waals surface area contributed by atoms with Crippen LogP contribution in [0.3, 0.4) is 0 Å². The van der Waals surface area contributed by atoms with Crippen LogP contribution in [0, 0.1) is 0 Å². The predicted octanol–water partition coefficient (Wildman–Crippen LogP) is 0.891. The number of amides is 2. The zero-order chi connectivity index (χ0) is 18.3. The molecular weight excluding hydrogens is 312 g/mol. The van der Waals surface area contributed by atoms with Crippen LogP contribution in [0.25, 0.3) is 0 Å². The second-order valence-corrected chi connectivity index (χ2v) is 6.18. The molecule has 0 unspecified atom stereocenters. The molecule has 0 aromatic heterocycles. The first-order valence-corrected chi connectivity index (χ1v) is 7.46. The number of hydrogen-bond acceptors (Lipinski definition) is 5. The van der Waals surface area contributed by atoms with E-state index in [0.29, 0.717) is 5.56 Å². The molecular formula is C17H22N2O5. The zero-order valence-electron chi connectivity index (χ0n) is 14.2. The van der Waals surface area contributed by atoms with Gasteiger partial charge in [0.15, 0.2) is 6.04 Å². The number of rotatable bonds is 6. The highest BCUT2D eigenvalue weighted by Gasteiger charge is 2.28. The van der Waals surface area contributed by atoms with Gasteiger partial charge in [-0.1, -0.05) is 30.3 Å². The Morgan fingerprint density at radius 1 is 1.08 bits per heavy atom. The molecule has 7 nitrogen and oxygen atoms in total. The van der Waals surface area contributed by atoms with E-state index in [2.05, 4.69) is 10.6 Å². The van der Waals surface area contributed by atoms with Gasteiger partial charge in [0.25, 0.3) is 5.91 Å². The molecule has 0 radical (unpaired) electrons. The van der Waals surface area contributed by atoms with Crippen LogP contribution < -0.4 is 10.6 Å². The van der Waals surface area contributed by atoms with E-state index < -0.39 is 41.8 Å². The van der Waals surface area contributed by atoms with Gasteiger partial charge >= 0.3 is 5.97 Å². The van der Waals surface area contributed by atoms with E-state index in [1.54, 1.807) is 51.1 Å². The van der Waals surface area contributed by atoms with Crippen molar-refractivity contribution in [2.24, 2.45) is 0 Å². The largest absolute Gasteiger partial charge is 0.458 e. The molecule has 0 aliphatic rings. The summed E-state index contributed by atoms with van der Waals surface area (Å²) >= 11 is 0. The number of hydrogen-bond donors (Lipinski definition) is 2. The van der Waals surface area contributed by atoms with Crippen molar-refractivity contribution in [2.45, 2.75) is 39.3 Å². The maximum Gasteiger partial charge on any atom is 0.333 e. The number of carbonyl (C=O) groups is 4. The Labute approximate surface area is 140 Å². The molecule has 0 saturated heterocycles. The van der Waals surface area contributed by atoms with E-state index in [9.17, 15) is 19.2 Å². The van der Waals surface area contributed by atoms with Gasteiger partial charge in [-0.2, -0.15) is 0 Å². The maximum atomic E-state index is 12.4. The third-order valence-electron chi connectivity index (χ3n) is 2.81. The number of nitrogens with one attached hydrogen (secondary N) is 2. The summed E-state index contributed by atoms with van der Waals surface area (Å²) in [6.07, 6.45) is 0. The first-order chi connectivity index (χ1) is 11.1. The molecule has 1 aromatic carbocycles. The summed E-state index contributed by atoms with van der Waals surface area (Å²) in [4.78, 5) is 46.4. The fourth-order valence-corrected chi connectivity index (χ4v) is 1.78. The van der Waals surface area contributed by atoms with Crippen molar-refractivity contribution in [1.29, 1.82) is 0 Å². The minimum atomic E-state index is -1.01. The van der Waals surface area contributed by atoms with Gasteiger partial charge in [0.05, 0.1) is 6.54 Å². The Kier molecular flexibility index (Phi) is 6.64. The van der Waals surface area contributed by atoms with Gasteiger partial charge in [0, 0.05) is 6.92 Å². The SMILES string of the molecule is CC(=O)C(=O)NCC(=O)N[C@H](C(=O)OC(C)(C)C)c1ccccc1. The highest BCUT2D eigenvalue weighted by molar-refractivity contribution is 6.35. The summed E-state index contributed by atoms with van der Waals surface area (Å²) in [5, 5.41) is 4.68. The number of benzene rings is 1. The normalized spacial score (nSPS) is 12.0. The Bertz CT molecular complexity index is 620. The Hall–Kier alpha value is -2.70. The lowest BCUT2D eigenvalue weighted by Gasteiger charge is -2.24. The molecule has 2 amide bonds. The van der Waals surface area contributed by atoms with Crippen LogP contribution in [0.2, 0.25) is 0 Å². The molecule has 1 rings (SSSR count). The molecule has 130 valence electrons. The first kappa shape index (κ1) is 19.3. The monoisotopic (exact) mass is 334 g/mol. The van der Waals surface area contributed by atoms with Gasteiger partial charge < -0.3 is 15.4 Å². The van der Waals surface area contributed by atoms with Crippen LogP contribution in [-0.2, 0) is 23.9 Å². The maximum absolute atomic E-state index is 12.4. The highest BCUT2D eigenvalue weighted by atomic mass is 16.6. The smallest absolute Gasteiger partial charge is 0.333 e. The van der Waals surface area contributed by atoms with Gasteiger partial charge in [-0.3, -0.25) is 14.4 Å². The minimum absolute atomic E-state index is 0.412. The van der Waals surface area contributed by atoms with Crippen molar-refractivity contribution in [3.8, 4) is 0 Å². The molecule has 2 N–H and O–H groups in total. The standard InChI is InChI=1S/C17H22N2O5/c1-11(20)15(22)18-10-13(21)19-14(12-8-6-5-7-9-12)16(23)24-17(2,3)4/h5-9,14H,10H2,1-4H3,(H,18,22)(H,19,21)/t14-/m0/s1. The van der Waals surface area contributed by atoms with Crippen molar-refractivity contribution >= 4 is 23.6 Å². The molecule has 1 atom stereocenters. The average molecular weight is 334 g/mol. The average Bonchev–Trinajstić information content (AvgIpc) is 2.49. The summed E-state index contributed by atoms with van der Waals surface area (Å²) in [6.45, 7) is 5.86.